The van der Waals surface area contributed by atoms with E-state index in [1.54, 1.807) is 0 Å². The molecule has 2 aliphatic heterocycles. The molecule has 0 spiro atoms. The van der Waals surface area contributed by atoms with Gasteiger partial charge in [0.05, 0.1) is 12.8 Å². The molecule has 5 nitrogen and oxygen atoms in total. The van der Waals surface area contributed by atoms with E-state index in [9.17, 15) is 4.39 Å². The molecular formula is C17H31FN4O. The SMILES string of the molecule is CN1CC(C2CC=NC(NCCO)C2)C(C2CCC(F)CC2)N1. The summed E-state index contributed by atoms with van der Waals surface area (Å²) in [6.07, 6.45) is 7.14. The first-order valence-corrected chi connectivity index (χ1v) is 9.14. The molecule has 1 aliphatic carbocycles. The summed E-state index contributed by atoms with van der Waals surface area (Å²) in [4.78, 5) is 4.52. The van der Waals surface area contributed by atoms with Gasteiger partial charge in [-0.25, -0.2) is 9.40 Å². The minimum atomic E-state index is -0.585. The first kappa shape index (κ1) is 17.3. The normalized spacial score (nSPS) is 42.2. The van der Waals surface area contributed by atoms with Crippen LogP contribution in [0.4, 0.5) is 4.39 Å². The lowest BCUT2D eigenvalue weighted by Crippen LogP contribution is -2.44. The van der Waals surface area contributed by atoms with Crippen LogP contribution in [0, 0.1) is 17.8 Å². The highest BCUT2D eigenvalue weighted by Crippen LogP contribution is 2.38. The third-order valence-electron chi connectivity index (χ3n) is 5.84. The zero-order valence-corrected chi connectivity index (χ0v) is 14.1. The maximum absolute atomic E-state index is 13.5. The number of aliphatic hydroxyl groups is 1. The topological polar surface area (TPSA) is 59.9 Å². The van der Waals surface area contributed by atoms with E-state index in [2.05, 4.69) is 34.0 Å². The van der Waals surface area contributed by atoms with Gasteiger partial charge in [0.15, 0.2) is 0 Å². The molecule has 6 heteroatoms. The van der Waals surface area contributed by atoms with Gasteiger partial charge in [-0.1, -0.05) is 0 Å². The van der Waals surface area contributed by atoms with E-state index < -0.39 is 6.17 Å². The van der Waals surface area contributed by atoms with Gasteiger partial charge in [-0.3, -0.25) is 15.7 Å². The molecule has 2 fully saturated rings. The standard InChI is InChI=1S/C17H31FN4O/c1-22-11-15(13-6-7-19-16(10-13)20-8-9-23)17(21-22)12-2-4-14(18)5-3-12/h7,12-17,20-21,23H,2-6,8-11H2,1H3. The average molecular weight is 326 g/mol. The van der Waals surface area contributed by atoms with Gasteiger partial charge in [0.25, 0.3) is 0 Å². The van der Waals surface area contributed by atoms with E-state index in [1.165, 1.54) is 0 Å². The number of alkyl halides is 1. The van der Waals surface area contributed by atoms with E-state index in [0.29, 0.717) is 30.3 Å². The number of halogens is 1. The lowest BCUT2D eigenvalue weighted by Gasteiger charge is -2.37. The second kappa shape index (κ2) is 8.01. The molecule has 3 aliphatic rings. The number of nitrogens with one attached hydrogen (secondary N) is 2. The Labute approximate surface area is 138 Å². The minimum absolute atomic E-state index is 0.133. The van der Waals surface area contributed by atoms with Crippen LogP contribution in [-0.2, 0) is 0 Å². The van der Waals surface area contributed by atoms with Gasteiger partial charge in [0.1, 0.15) is 6.17 Å². The molecule has 1 saturated carbocycles. The van der Waals surface area contributed by atoms with Crippen LogP contribution in [0.2, 0.25) is 0 Å². The quantitative estimate of drug-likeness (QED) is 0.713. The highest BCUT2D eigenvalue weighted by molar-refractivity contribution is 5.59. The van der Waals surface area contributed by atoms with Crippen molar-refractivity contribution in [3.63, 3.8) is 0 Å². The summed E-state index contributed by atoms with van der Waals surface area (Å²) in [6.45, 7) is 1.81. The summed E-state index contributed by atoms with van der Waals surface area (Å²) in [5.41, 5.74) is 3.65. The van der Waals surface area contributed by atoms with E-state index in [4.69, 9.17) is 5.11 Å². The van der Waals surface area contributed by atoms with Crippen molar-refractivity contribution in [1.82, 2.24) is 15.8 Å². The molecule has 0 amide bonds. The number of nitrogens with zero attached hydrogens (tertiary/aromatic N) is 2. The van der Waals surface area contributed by atoms with Crippen molar-refractivity contribution in [2.45, 2.75) is 56.9 Å². The van der Waals surface area contributed by atoms with Crippen LogP contribution in [0.15, 0.2) is 4.99 Å². The molecule has 1 saturated heterocycles. The molecule has 0 aromatic heterocycles. The fourth-order valence-electron chi connectivity index (χ4n) is 4.65. The van der Waals surface area contributed by atoms with E-state index in [1.807, 2.05) is 0 Å². The zero-order valence-electron chi connectivity index (χ0n) is 14.1. The van der Waals surface area contributed by atoms with E-state index >= 15 is 0 Å². The molecule has 2 heterocycles. The van der Waals surface area contributed by atoms with Crippen molar-refractivity contribution in [2.75, 3.05) is 26.7 Å². The second-order valence-corrected chi connectivity index (χ2v) is 7.47. The lowest BCUT2D eigenvalue weighted by atomic mass is 9.73. The lowest BCUT2D eigenvalue weighted by molar-refractivity contribution is 0.141. The number of hydrogen-bond donors (Lipinski definition) is 3. The Morgan fingerprint density at radius 3 is 2.83 bits per heavy atom. The van der Waals surface area contributed by atoms with E-state index in [-0.39, 0.29) is 12.8 Å². The van der Waals surface area contributed by atoms with Crippen molar-refractivity contribution in [3.8, 4) is 0 Å². The molecular weight excluding hydrogens is 295 g/mol. The number of aliphatic hydroxyl groups excluding tert-OH is 1. The average Bonchev–Trinajstić information content (AvgIpc) is 2.96. The van der Waals surface area contributed by atoms with Crippen LogP contribution < -0.4 is 10.7 Å². The molecule has 132 valence electrons. The fraction of sp³-hybridized carbons (Fsp3) is 0.941. The molecule has 0 aromatic rings. The summed E-state index contributed by atoms with van der Waals surface area (Å²) < 4.78 is 13.5. The summed E-state index contributed by atoms with van der Waals surface area (Å²) in [7, 11) is 2.12. The first-order valence-electron chi connectivity index (χ1n) is 9.14. The van der Waals surface area contributed by atoms with Gasteiger partial charge >= 0.3 is 0 Å². The Morgan fingerprint density at radius 1 is 1.30 bits per heavy atom. The van der Waals surface area contributed by atoms with Gasteiger partial charge in [-0.05, 0) is 56.3 Å². The molecule has 4 atom stereocenters. The van der Waals surface area contributed by atoms with Crippen LogP contribution >= 0.6 is 0 Å². The molecule has 4 unspecified atom stereocenters. The first-order chi connectivity index (χ1) is 11.2. The van der Waals surface area contributed by atoms with Gasteiger partial charge < -0.3 is 5.11 Å². The third kappa shape index (κ3) is 4.29. The summed E-state index contributed by atoms with van der Waals surface area (Å²) >= 11 is 0. The Balaban J connectivity index is 1.61. The predicted octanol–water partition coefficient (Wildman–Crippen LogP) is 1.34. The molecule has 3 N–H and O–H groups in total. The van der Waals surface area contributed by atoms with Crippen LogP contribution in [0.3, 0.4) is 0 Å². The van der Waals surface area contributed by atoms with Gasteiger partial charge in [0, 0.05) is 32.4 Å². The maximum Gasteiger partial charge on any atom is 0.100 e. The van der Waals surface area contributed by atoms with Crippen LogP contribution in [0.5, 0.6) is 0 Å². The highest BCUT2D eigenvalue weighted by atomic mass is 19.1. The van der Waals surface area contributed by atoms with Crippen molar-refractivity contribution in [2.24, 2.45) is 22.7 Å². The maximum atomic E-state index is 13.5. The number of rotatable bonds is 5. The fourth-order valence-corrected chi connectivity index (χ4v) is 4.65. The van der Waals surface area contributed by atoms with Crippen molar-refractivity contribution in [3.05, 3.63) is 0 Å². The summed E-state index contributed by atoms with van der Waals surface area (Å²) in [5.74, 6) is 1.81. The second-order valence-electron chi connectivity index (χ2n) is 7.47. The highest BCUT2D eigenvalue weighted by Gasteiger charge is 2.42. The number of hydrazine groups is 1. The summed E-state index contributed by atoms with van der Waals surface area (Å²) in [5, 5.41) is 14.5. The Kier molecular flexibility index (Phi) is 6.01. The van der Waals surface area contributed by atoms with Gasteiger partial charge in [-0.15, -0.1) is 0 Å². The number of hydrogen-bond acceptors (Lipinski definition) is 5. The largest absolute Gasteiger partial charge is 0.395 e. The molecule has 3 rings (SSSR count). The van der Waals surface area contributed by atoms with Crippen molar-refractivity contribution in [1.29, 1.82) is 0 Å². The van der Waals surface area contributed by atoms with Crippen LogP contribution in [-0.4, -0.2) is 61.5 Å². The third-order valence-corrected chi connectivity index (χ3v) is 5.84. The number of aliphatic imine (C=N–C) groups is 1. The van der Waals surface area contributed by atoms with Crippen LogP contribution in [0.1, 0.15) is 38.5 Å². The van der Waals surface area contributed by atoms with Crippen molar-refractivity contribution >= 4 is 6.21 Å². The minimum Gasteiger partial charge on any atom is -0.395 e. The Bertz CT molecular complexity index is 400. The van der Waals surface area contributed by atoms with E-state index in [0.717, 1.165) is 45.1 Å². The zero-order chi connectivity index (χ0) is 16.2. The molecule has 0 bridgehead atoms. The van der Waals surface area contributed by atoms with Gasteiger partial charge in [-0.2, -0.15) is 0 Å². The van der Waals surface area contributed by atoms with Crippen molar-refractivity contribution < 1.29 is 9.50 Å². The Morgan fingerprint density at radius 2 is 2.09 bits per heavy atom. The smallest absolute Gasteiger partial charge is 0.100 e. The molecule has 0 radical (unpaired) electrons. The monoisotopic (exact) mass is 326 g/mol. The molecule has 0 aromatic carbocycles. The van der Waals surface area contributed by atoms with Crippen LogP contribution in [0.25, 0.3) is 0 Å². The summed E-state index contributed by atoms with van der Waals surface area (Å²) in [6, 6.07) is 0.475. The Hall–Kier alpha value is -0.560. The molecule has 23 heavy (non-hydrogen) atoms. The predicted molar refractivity (Wildman–Crippen MR) is 90.0 cm³/mol. The van der Waals surface area contributed by atoms with Gasteiger partial charge in [0.2, 0.25) is 0 Å².